The number of carbonyl (C=O) groups is 1. The van der Waals surface area contributed by atoms with Crippen LogP contribution in [0, 0.1) is 5.41 Å². The number of amides is 1. The smallest absolute Gasteiger partial charge is 0.269 e. The average Bonchev–Trinajstić information content (AvgIpc) is 3.16. The van der Waals surface area contributed by atoms with E-state index in [4.69, 9.17) is 28.6 Å². The molecule has 7 heteroatoms. The highest BCUT2D eigenvalue weighted by Crippen LogP contribution is 2.56. The molecule has 0 saturated heterocycles. The van der Waals surface area contributed by atoms with E-state index < -0.39 is 7.26 Å². The van der Waals surface area contributed by atoms with Gasteiger partial charge in [0.05, 0.1) is 6.16 Å². The number of rotatable bonds is 19. The van der Waals surface area contributed by atoms with E-state index in [-0.39, 0.29) is 11.6 Å². The van der Waals surface area contributed by atoms with Crippen molar-refractivity contribution in [2.45, 2.75) is 57.9 Å². The number of anilines is 1. The molecule has 0 fully saturated rings. The third kappa shape index (κ3) is 10.1. The zero-order chi connectivity index (χ0) is 35.0. The molecule has 1 amide bonds. The molecule has 0 spiro atoms. The fraction of sp³-hybridized carbons (Fsp3) is 0.256. The van der Waals surface area contributed by atoms with Crippen LogP contribution in [0.15, 0.2) is 133 Å². The van der Waals surface area contributed by atoms with Crippen molar-refractivity contribution in [3.63, 3.8) is 0 Å². The first-order valence-electron chi connectivity index (χ1n) is 17.7. The molecule has 0 aliphatic carbocycles. The molecule has 4 nitrogen and oxygen atoms in total. The van der Waals surface area contributed by atoms with Crippen LogP contribution in [-0.4, -0.2) is 24.3 Å². The molecule has 0 bridgehead atoms. The van der Waals surface area contributed by atoms with Gasteiger partial charge in [0, 0.05) is 34.4 Å². The maximum absolute atomic E-state index is 12.8. The Kier molecular flexibility index (Phi) is 14.5. The summed E-state index contributed by atoms with van der Waals surface area (Å²) in [4.78, 5) is 12.8. The first-order valence-corrected chi connectivity index (χ1v) is 20.4. The Labute approximate surface area is 308 Å². The summed E-state index contributed by atoms with van der Waals surface area (Å²) < 4.78 is 0. The van der Waals surface area contributed by atoms with Crippen molar-refractivity contribution in [1.82, 2.24) is 5.32 Å². The quantitative estimate of drug-likeness (QED) is 0.0451. The number of unbranched alkanes of at least 4 members (excludes halogenated alkanes) is 7. The molecule has 0 aliphatic heterocycles. The topological polar surface area (TPSA) is 65.0 Å². The largest absolute Gasteiger partial charge is 0.380 e. The summed E-state index contributed by atoms with van der Waals surface area (Å²) in [5.74, 6) is -0.357. The minimum Gasteiger partial charge on any atom is -0.380 e. The van der Waals surface area contributed by atoms with Gasteiger partial charge in [0.2, 0.25) is 0 Å². The molecular weight excluding hydrogens is 676 g/mol. The van der Waals surface area contributed by atoms with Crippen LogP contribution < -0.4 is 26.5 Å². The van der Waals surface area contributed by atoms with E-state index in [9.17, 15) is 4.79 Å². The molecular formula is C43H47Cl2N3OP+. The zero-order valence-electron chi connectivity index (χ0n) is 28.6. The van der Waals surface area contributed by atoms with Crippen LogP contribution in [0.4, 0.5) is 5.69 Å². The van der Waals surface area contributed by atoms with Gasteiger partial charge in [0.15, 0.2) is 0 Å². The van der Waals surface area contributed by atoms with Crippen LogP contribution in [0.5, 0.6) is 0 Å². The maximum atomic E-state index is 12.8. The van der Waals surface area contributed by atoms with Crippen molar-refractivity contribution in [3.8, 4) is 0 Å². The molecule has 0 aliphatic rings. The number of hydrogen-bond donors (Lipinski definition) is 3. The van der Waals surface area contributed by atoms with Crippen LogP contribution in [-0.2, 0) is 11.3 Å². The zero-order valence-corrected chi connectivity index (χ0v) is 31.0. The second-order valence-electron chi connectivity index (χ2n) is 12.6. The van der Waals surface area contributed by atoms with Crippen molar-refractivity contribution in [2.24, 2.45) is 0 Å². The summed E-state index contributed by atoms with van der Waals surface area (Å²) in [5, 5.41) is 20.3. The van der Waals surface area contributed by atoms with E-state index in [2.05, 4.69) is 102 Å². The summed E-state index contributed by atoms with van der Waals surface area (Å²) in [6.45, 7) is 1.03. The number of halogens is 2. The molecule has 0 aromatic heterocycles. The second-order valence-corrected chi connectivity index (χ2v) is 17.1. The van der Waals surface area contributed by atoms with E-state index in [1.807, 2.05) is 24.3 Å². The summed E-state index contributed by atoms with van der Waals surface area (Å²) >= 11 is 12.3. The molecule has 0 radical (unpaired) electrons. The van der Waals surface area contributed by atoms with Gasteiger partial charge < -0.3 is 10.6 Å². The Bertz CT molecular complexity index is 1710. The average molecular weight is 724 g/mol. The molecule has 5 aromatic rings. The Morgan fingerprint density at radius 2 is 1.10 bits per heavy atom. The molecule has 0 heterocycles. The molecule has 5 aromatic carbocycles. The van der Waals surface area contributed by atoms with Gasteiger partial charge in [-0.2, -0.15) is 0 Å². The van der Waals surface area contributed by atoms with Crippen LogP contribution in [0.25, 0.3) is 0 Å². The van der Waals surface area contributed by atoms with E-state index in [0.29, 0.717) is 34.4 Å². The van der Waals surface area contributed by atoms with E-state index >= 15 is 0 Å². The van der Waals surface area contributed by atoms with Gasteiger partial charge in [0.1, 0.15) is 28.9 Å². The molecule has 3 N–H and O–H groups in total. The molecule has 0 atom stereocenters. The first-order chi connectivity index (χ1) is 24.5. The number of nitrogens with one attached hydrogen (secondary N) is 3. The lowest BCUT2D eigenvalue weighted by molar-refractivity contribution is -0.114. The number of benzene rings is 5. The second kappa shape index (κ2) is 19.4. The SMILES string of the molecule is N=C(C(=O)NCCCCCCCCCC[P+](c1ccccc1)(c1ccccc1)c1ccccc1)c1ccccc1NCc1ccc(Cl)cc1Cl. The lowest BCUT2D eigenvalue weighted by Crippen LogP contribution is -2.33. The normalized spacial score (nSPS) is 11.2. The van der Waals surface area contributed by atoms with Gasteiger partial charge in [-0.05, 0) is 79.4 Å². The van der Waals surface area contributed by atoms with Crippen molar-refractivity contribution in [2.75, 3.05) is 18.0 Å². The van der Waals surface area contributed by atoms with Gasteiger partial charge in [-0.25, -0.2) is 0 Å². The predicted molar refractivity (Wildman–Crippen MR) is 217 cm³/mol. The highest BCUT2D eigenvalue weighted by atomic mass is 35.5. The van der Waals surface area contributed by atoms with Gasteiger partial charge in [-0.3, -0.25) is 10.2 Å². The predicted octanol–water partition coefficient (Wildman–Crippen LogP) is 10.2. The standard InChI is InChI=1S/C43H46Cl2N3OP/c44-35-29-28-34(40(45)32-35)33-48-41-27-17-16-26-39(41)42(46)43(49)47-30-18-5-3-1-2-4-6-19-31-50(36-20-10-7-11-21-36,37-22-12-8-13-23-37)38-24-14-9-15-25-38/h7-17,20-29,32H,1-6,18-19,30-31,33H2,(H2-,46,47,48,49)/p+1. The van der Waals surface area contributed by atoms with Gasteiger partial charge in [-0.1, -0.05) is 134 Å². The molecule has 5 rings (SSSR count). The van der Waals surface area contributed by atoms with E-state index in [0.717, 1.165) is 24.8 Å². The fourth-order valence-electron chi connectivity index (χ4n) is 6.54. The van der Waals surface area contributed by atoms with E-state index in [1.54, 1.807) is 18.2 Å². The summed E-state index contributed by atoms with van der Waals surface area (Å²) in [5.41, 5.74) is 2.12. The van der Waals surface area contributed by atoms with Gasteiger partial charge in [-0.15, -0.1) is 0 Å². The summed E-state index contributed by atoms with van der Waals surface area (Å²) in [6, 6.07) is 46.2. The highest BCUT2D eigenvalue weighted by molar-refractivity contribution is 7.95. The van der Waals surface area contributed by atoms with Gasteiger partial charge in [0.25, 0.3) is 5.91 Å². The highest BCUT2D eigenvalue weighted by Gasteiger charge is 2.44. The summed E-state index contributed by atoms with van der Waals surface area (Å²) in [6.07, 6.45) is 10.4. The van der Waals surface area contributed by atoms with E-state index in [1.165, 1.54) is 54.2 Å². The number of carbonyl (C=O) groups excluding carboxylic acids is 1. The fourth-order valence-corrected chi connectivity index (χ4v) is 11.4. The molecule has 50 heavy (non-hydrogen) atoms. The van der Waals surface area contributed by atoms with Crippen LogP contribution in [0.3, 0.4) is 0 Å². The summed E-state index contributed by atoms with van der Waals surface area (Å²) in [7, 11) is -1.75. The minimum atomic E-state index is -1.75. The van der Waals surface area contributed by atoms with Crippen molar-refractivity contribution < 1.29 is 4.79 Å². The van der Waals surface area contributed by atoms with Gasteiger partial charge >= 0.3 is 0 Å². The van der Waals surface area contributed by atoms with Crippen LogP contribution in [0.2, 0.25) is 10.0 Å². The lowest BCUT2D eigenvalue weighted by atomic mass is 10.1. The molecule has 258 valence electrons. The minimum absolute atomic E-state index is 0.0476. The third-order valence-corrected chi connectivity index (χ3v) is 14.3. The van der Waals surface area contributed by atoms with Crippen molar-refractivity contribution >= 4 is 63.7 Å². The Morgan fingerprint density at radius 1 is 0.600 bits per heavy atom. The maximum Gasteiger partial charge on any atom is 0.269 e. The Morgan fingerprint density at radius 3 is 1.66 bits per heavy atom. The third-order valence-electron chi connectivity index (χ3n) is 9.20. The monoisotopic (exact) mass is 722 g/mol. The van der Waals surface area contributed by atoms with Crippen molar-refractivity contribution in [1.29, 1.82) is 5.41 Å². The Hall–Kier alpha value is -3.95. The lowest BCUT2D eigenvalue weighted by Gasteiger charge is -2.27. The number of para-hydroxylation sites is 1. The van der Waals surface area contributed by atoms with Crippen LogP contribution >= 0.6 is 30.5 Å². The van der Waals surface area contributed by atoms with Crippen LogP contribution in [0.1, 0.15) is 62.5 Å². The first kappa shape index (κ1) is 37.3. The number of hydrogen-bond acceptors (Lipinski definition) is 3. The molecule has 0 unspecified atom stereocenters. The molecule has 0 saturated carbocycles. The van der Waals surface area contributed by atoms with Crippen molar-refractivity contribution in [3.05, 3.63) is 155 Å². The Balaban J connectivity index is 1.02.